The molecule has 0 aromatic heterocycles. The summed E-state index contributed by atoms with van der Waals surface area (Å²) in [7, 11) is 3.15. The van der Waals surface area contributed by atoms with Gasteiger partial charge >= 0.3 is 0 Å². The van der Waals surface area contributed by atoms with Crippen molar-refractivity contribution in [2.75, 3.05) is 20.8 Å². The van der Waals surface area contributed by atoms with Gasteiger partial charge in [-0.15, -0.1) is 0 Å². The predicted octanol–water partition coefficient (Wildman–Crippen LogP) is 0.509. The van der Waals surface area contributed by atoms with Crippen molar-refractivity contribution < 1.29 is 14.6 Å². The molecule has 4 N–H and O–H groups in total. The van der Waals surface area contributed by atoms with Gasteiger partial charge in [0.15, 0.2) is 0 Å². The van der Waals surface area contributed by atoms with E-state index in [0.29, 0.717) is 17.1 Å². The number of aryl methyl sites for hydroxylation is 1. The Bertz CT molecular complexity index is 355. The van der Waals surface area contributed by atoms with Crippen LogP contribution in [0.1, 0.15) is 17.2 Å². The molecule has 1 unspecified atom stereocenters. The molecule has 16 heavy (non-hydrogen) atoms. The monoisotopic (exact) mass is 226 g/mol. The van der Waals surface area contributed by atoms with Gasteiger partial charge in [-0.25, -0.2) is 0 Å². The van der Waals surface area contributed by atoms with Crippen LogP contribution in [0.4, 0.5) is 0 Å². The van der Waals surface area contributed by atoms with Gasteiger partial charge in [0.1, 0.15) is 11.5 Å². The fraction of sp³-hybridized carbons (Fsp3) is 0.455. The summed E-state index contributed by atoms with van der Waals surface area (Å²) in [5.74, 6) is 6.52. The third-order valence-corrected chi connectivity index (χ3v) is 2.42. The fourth-order valence-electron chi connectivity index (χ4n) is 1.56. The molecule has 0 bridgehead atoms. The maximum Gasteiger partial charge on any atom is 0.125 e. The van der Waals surface area contributed by atoms with Crippen LogP contribution in [0.15, 0.2) is 12.1 Å². The molecule has 1 rings (SSSR count). The van der Waals surface area contributed by atoms with Crippen LogP contribution in [-0.2, 0) is 0 Å². The van der Waals surface area contributed by atoms with E-state index >= 15 is 0 Å². The minimum Gasteiger partial charge on any atom is -0.496 e. The van der Waals surface area contributed by atoms with Crippen molar-refractivity contribution in [1.82, 2.24) is 5.43 Å². The highest BCUT2D eigenvalue weighted by Crippen LogP contribution is 2.32. The SMILES string of the molecule is COc1cc(C(O)CNN)c(OC)cc1C. The molecule has 0 radical (unpaired) electrons. The largest absolute Gasteiger partial charge is 0.496 e. The van der Waals surface area contributed by atoms with E-state index in [1.807, 2.05) is 13.0 Å². The summed E-state index contributed by atoms with van der Waals surface area (Å²) in [6.07, 6.45) is -0.727. The molecule has 0 amide bonds. The van der Waals surface area contributed by atoms with Gasteiger partial charge in [-0.05, 0) is 24.6 Å². The van der Waals surface area contributed by atoms with Crippen LogP contribution < -0.4 is 20.7 Å². The summed E-state index contributed by atoms with van der Waals surface area (Å²) >= 11 is 0. The van der Waals surface area contributed by atoms with E-state index in [0.717, 1.165) is 5.56 Å². The third kappa shape index (κ3) is 2.63. The molecule has 0 spiro atoms. The normalized spacial score (nSPS) is 12.3. The van der Waals surface area contributed by atoms with Crippen molar-refractivity contribution in [2.24, 2.45) is 5.84 Å². The number of hydrogen-bond donors (Lipinski definition) is 3. The molecular weight excluding hydrogens is 208 g/mol. The number of aliphatic hydroxyl groups excluding tert-OH is 1. The Labute approximate surface area is 95.1 Å². The molecule has 5 heteroatoms. The molecule has 0 aliphatic heterocycles. The van der Waals surface area contributed by atoms with Crippen molar-refractivity contribution in [3.8, 4) is 11.5 Å². The number of benzene rings is 1. The Hall–Kier alpha value is -1.30. The lowest BCUT2D eigenvalue weighted by Gasteiger charge is -2.17. The number of hydrogen-bond acceptors (Lipinski definition) is 5. The Morgan fingerprint density at radius 2 is 1.94 bits per heavy atom. The highest BCUT2D eigenvalue weighted by molar-refractivity contribution is 5.47. The number of rotatable bonds is 5. The van der Waals surface area contributed by atoms with Crippen LogP contribution >= 0.6 is 0 Å². The van der Waals surface area contributed by atoms with Crippen LogP contribution in [0.3, 0.4) is 0 Å². The summed E-state index contributed by atoms with van der Waals surface area (Å²) in [4.78, 5) is 0. The van der Waals surface area contributed by atoms with Gasteiger partial charge in [-0.3, -0.25) is 11.3 Å². The zero-order chi connectivity index (χ0) is 12.1. The Kier molecular flexibility index (Phi) is 4.54. The molecule has 0 saturated carbocycles. The number of methoxy groups -OCH3 is 2. The molecule has 0 aliphatic rings. The molecule has 90 valence electrons. The highest BCUT2D eigenvalue weighted by Gasteiger charge is 2.15. The van der Waals surface area contributed by atoms with Gasteiger partial charge in [0.05, 0.1) is 20.3 Å². The first-order valence-electron chi connectivity index (χ1n) is 4.98. The average molecular weight is 226 g/mol. The standard InChI is InChI=1S/C11H18N2O3/c1-7-4-11(16-3)8(5-10(7)15-2)9(14)6-13-12/h4-5,9,13-14H,6,12H2,1-3H3. The molecule has 0 heterocycles. The zero-order valence-corrected chi connectivity index (χ0v) is 9.78. The maximum absolute atomic E-state index is 9.87. The van der Waals surface area contributed by atoms with E-state index in [9.17, 15) is 5.11 Å². The molecule has 1 atom stereocenters. The summed E-state index contributed by atoms with van der Waals surface area (Å²) < 4.78 is 10.4. The van der Waals surface area contributed by atoms with Crippen LogP contribution in [0.5, 0.6) is 11.5 Å². The Balaban J connectivity index is 3.13. The van der Waals surface area contributed by atoms with Crippen LogP contribution in [0.2, 0.25) is 0 Å². The first-order chi connectivity index (χ1) is 7.63. The lowest BCUT2D eigenvalue weighted by atomic mass is 10.0. The van der Waals surface area contributed by atoms with Crippen LogP contribution in [0.25, 0.3) is 0 Å². The fourth-order valence-corrected chi connectivity index (χ4v) is 1.56. The molecule has 5 nitrogen and oxygen atoms in total. The summed E-state index contributed by atoms with van der Waals surface area (Å²) in [5.41, 5.74) is 4.03. The Morgan fingerprint density at radius 1 is 1.31 bits per heavy atom. The maximum atomic E-state index is 9.87. The quantitative estimate of drug-likeness (QED) is 0.503. The first-order valence-corrected chi connectivity index (χ1v) is 4.98. The third-order valence-electron chi connectivity index (χ3n) is 2.42. The second kappa shape index (κ2) is 5.69. The van der Waals surface area contributed by atoms with E-state index in [2.05, 4.69) is 5.43 Å². The smallest absolute Gasteiger partial charge is 0.125 e. The second-order valence-corrected chi connectivity index (χ2v) is 3.49. The van der Waals surface area contributed by atoms with Gasteiger partial charge < -0.3 is 14.6 Å². The van der Waals surface area contributed by atoms with Crippen LogP contribution in [0, 0.1) is 6.92 Å². The predicted molar refractivity (Wildman–Crippen MR) is 61.4 cm³/mol. The summed E-state index contributed by atoms with van der Waals surface area (Å²) in [6.45, 7) is 2.17. The minimum absolute atomic E-state index is 0.253. The van der Waals surface area contributed by atoms with Gasteiger partial charge in [-0.1, -0.05) is 0 Å². The molecule has 1 aromatic rings. The zero-order valence-electron chi connectivity index (χ0n) is 9.78. The molecule has 0 fully saturated rings. The molecule has 0 aliphatic carbocycles. The van der Waals surface area contributed by atoms with Gasteiger partial charge in [0.2, 0.25) is 0 Å². The number of aliphatic hydroxyl groups is 1. The van der Waals surface area contributed by atoms with Crippen molar-refractivity contribution in [1.29, 1.82) is 0 Å². The van der Waals surface area contributed by atoms with Crippen molar-refractivity contribution in [3.05, 3.63) is 23.3 Å². The van der Waals surface area contributed by atoms with E-state index in [4.69, 9.17) is 15.3 Å². The summed E-state index contributed by atoms with van der Waals surface area (Å²) in [5, 5.41) is 9.87. The number of nitrogens with two attached hydrogens (primary N) is 1. The van der Waals surface area contributed by atoms with Crippen molar-refractivity contribution >= 4 is 0 Å². The lowest BCUT2D eigenvalue weighted by Crippen LogP contribution is -2.27. The number of nitrogens with one attached hydrogen (secondary N) is 1. The van der Waals surface area contributed by atoms with Gasteiger partial charge in [0, 0.05) is 12.1 Å². The van der Waals surface area contributed by atoms with E-state index in [1.165, 1.54) is 0 Å². The Morgan fingerprint density at radius 3 is 2.44 bits per heavy atom. The average Bonchev–Trinajstić information content (AvgIpc) is 2.28. The first kappa shape index (κ1) is 12.8. The van der Waals surface area contributed by atoms with Gasteiger partial charge in [-0.2, -0.15) is 0 Å². The molecular formula is C11H18N2O3. The van der Waals surface area contributed by atoms with Crippen LogP contribution in [-0.4, -0.2) is 25.9 Å². The molecule has 0 saturated heterocycles. The minimum atomic E-state index is -0.727. The topological polar surface area (TPSA) is 76.7 Å². The lowest BCUT2D eigenvalue weighted by molar-refractivity contribution is 0.170. The summed E-state index contributed by atoms with van der Waals surface area (Å²) in [6, 6.07) is 3.59. The second-order valence-electron chi connectivity index (χ2n) is 3.49. The number of ether oxygens (including phenoxy) is 2. The highest BCUT2D eigenvalue weighted by atomic mass is 16.5. The van der Waals surface area contributed by atoms with E-state index in [1.54, 1.807) is 20.3 Å². The molecule has 1 aromatic carbocycles. The van der Waals surface area contributed by atoms with Gasteiger partial charge in [0.25, 0.3) is 0 Å². The van der Waals surface area contributed by atoms with Crippen molar-refractivity contribution in [3.63, 3.8) is 0 Å². The van der Waals surface area contributed by atoms with Crippen molar-refractivity contribution in [2.45, 2.75) is 13.0 Å². The van der Waals surface area contributed by atoms with E-state index in [-0.39, 0.29) is 6.54 Å². The van der Waals surface area contributed by atoms with E-state index < -0.39 is 6.10 Å². The number of hydrazine groups is 1.